The van der Waals surface area contributed by atoms with E-state index in [1.807, 2.05) is 0 Å². The molecule has 1 atom stereocenters. The van der Waals surface area contributed by atoms with Crippen LogP contribution in [-0.4, -0.2) is 33.6 Å². The Morgan fingerprint density at radius 1 is 1.08 bits per heavy atom. The summed E-state index contributed by atoms with van der Waals surface area (Å²) < 4.78 is 85.1. The molecule has 0 aliphatic rings. The monoisotopic (exact) mass is 590 g/mol. The average Bonchev–Trinajstić information content (AvgIpc) is 2.81. The average molecular weight is 591 g/mol. The van der Waals surface area contributed by atoms with E-state index >= 15 is 0 Å². The van der Waals surface area contributed by atoms with Gasteiger partial charge < -0.3 is 18.4 Å². The van der Waals surface area contributed by atoms with Crippen LogP contribution in [0.2, 0.25) is 0 Å². The summed E-state index contributed by atoms with van der Waals surface area (Å²) in [5, 5.41) is 0.407. The summed E-state index contributed by atoms with van der Waals surface area (Å²) in [7, 11) is -4.58. The molecular weight excluding hydrogens is 569 g/mol. The zero-order valence-corrected chi connectivity index (χ0v) is 21.8. The summed E-state index contributed by atoms with van der Waals surface area (Å²) in [6, 6.07) is 12.8. The van der Waals surface area contributed by atoms with Crippen molar-refractivity contribution in [2.24, 2.45) is 0 Å². The van der Waals surface area contributed by atoms with Crippen LogP contribution in [0.3, 0.4) is 0 Å². The fraction of sp³-hybridized carbons (Fsp3) is 0.292. The lowest BCUT2D eigenvalue weighted by atomic mass is 9.96. The summed E-state index contributed by atoms with van der Waals surface area (Å²) in [6.07, 6.45) is -1.59. The highest BCUT2D eigenvalue weighted by molar-refractivity contribution is 9.10. The molecule has 0 saturated carbocycles. The second-order valence-corrected chi connectivity index (χ2v) is 9.94. The summed E-state index contributed by atoms with van der Waals surface area (Å²) >= 11 is 3.31. The highest BCUT2D eigenvalue weighted by Crippen LogP contribution is 2.43. The maximum absolute atomic E-state index is 13.3. The highest BCUT2D eigenvalue weighted by Gasteiger charge is 2.49. The van der Waals surface area contributed by atoms with Crippen molar-refractivity contribution in [3.63, 3.8) is 0 Å². The van der Waals surface area contributed by atoms with E-state index in [0.717, 1.165) is 0 Å². The Balaban J connectivity index is 2.19. The van der Waals surface area contributed by atoms with E-state index < -0.39 is 33.4 Å². The van der Waals surface area contributed by atoms with Gasteiger partial charge in [-0.05, 0) is 54.6 Å². The van der Waals surface area contributed by atoms with Crippen LogP contribution >= 0.6 is 15.9 Å². The summed E-state index contributed by atoms with van der Waals surface area (Å²) in [6.45, 7) is 2.86. The molecule has 0 heterocycles. The van der Waals surface area contributed by atoms with Crippen molar-refractivity contribution in [2.45, 2.75) is 32.1 Å². The van der Waals surface area contributed by atoms with Crippen molar-refractivity contribution in [3.8, 4) is 11.5 Å². The molecule has 0 radical (unpaired) electrons. The van der Waals surface area contributed by atoms with E-state index in [2.05, 4.69) is 20.1 Å². The number of hydrogen-bond donors (Lipinski definition) is 0. The second kappa shape index (κ2) is 11.1. The van der Waals surface area contributed by atoms with Crippen LogP contribution in [0.15, 0.2) is 53.0 Å². The van der Waals surface area contributed by atoms with E-state index in [1.54, 1.807) is 43.3 Å². The van der Waals surface area contributed by atoms with Gasteiger partial charge in [-0.3, -0.25) is 0 Å². The quantitative estimate of drug-likeness (QED) is 0.172. The molecular formula is C24H22BrF3O7S. The van der Waals surface area contributed by atoms with Crippen molar-refractivity contribution in [3.05, 3.63) is 69.7 Å². The second-order valence-electron chi connectivity index (χ2n) is 7.55. The van der Waals surface area contributed by atoms with Gasteiger partial charge in [0.05, 0.1) is 20.3 Å². The minimum Gasteiger partial charge on any atom is -0.497 e. The SMILES string of the molecule is CCOC(=O)[C@H](OCc1ccc(OC)cc1)c1c(C)cc2c(Br)cccc2c1OS(=O)(=O)C(F)(F)F. The van der Waals surface area contributed by atoms with Gasteiger partial charge in [-0.25, -0.2) is 4.79 Å². The number of ether oxygens (including phenoxy) is 3. The number of aryl methyl sites for hydroxylation is 1. The number of carbonyl (C=O) groups excluding carboxylic acids is 1. The molecule has 0 fully saturated rings. The molecule has 0 unspecified atom stereocenters. The molecule has 3 rings (SSSR count). The molecule has 36 heavy (non-hydrogen) atoms. The first-order valence-electron chi connectivity index (χ1n) is 10.5. The van der Waals surface area contributed by atoms with Gasteiger partial charge in [0.2, 0.25) is 0 Å². The number of methoxy groups -OCH3 is 1. The number of halogens is 4. The van der Waals surface area contributed by atoms with Crippen LogP contribution in [0.4, 0.5) is 13.2 Å². The van der Waals surface area contributed by atoms with Gasteiger partial charge in [0.1, 0.15) is 5.75 Å². The predicted octanol–water partition coefficient (Wildman–Crippen LogP) is 5.97. The van der Waals surface area contributed by atoms with Crippen molar-refractivity contribution in [1.82, 2.24) is 0 Å². The molecule has 12 heteroatoms. The first-order chi connectivity index (χ1) is 16.9. The van der Waals surface area contributed by atoms with E-state index in [-0.39, 0.29) is 29.7 Å². The van der Waals surface area contributed by atoms with E-state index in [1.165, 1.54) is 26.2 Å². The smallest absolute Gasteiger partial charge is 0.497 e. The van der Waals surface area contributed by atoms with Gasteiger partial charge in [0.15, 0.2) is 11.9 Å². The van der Waals surface area contributed by atoms with Gasteiger partial charge in [-0.15, -0.1) is 0 Å². The molecule has 7 nitrogen and oxygen atoms in total. The van der Waals surface area contributed by atoms with E-state index in [4.69, 9.17) is 14.2 Å². The first kappa shape index (κ1) is 27.8. The normalized spacial score (nSPS) is 12.9. The molecule has 0 amide bonds. The van der Waals surface area contributed by atoms with E-state index in [0.29, 0.717) is 21.2 Å². The third-order valence-corrected chi connectivity index (χ3v) is 6.79. The van der Waals surface area contributed by atoms with E-state index in [9.17, 15) is 26.4 Å². The van der Waals surface area contributed by atoms with Crippen LogP contribution in [0.1, 0.15) is 29.7 Å². The number of carbonyl (C=O) groups is 1. The van der Waals surface area contributed by atoms with Gasteiger partial charge in [0, 0.05) is 15.4 Å². The minimum atomic E-state index is -6.08. The number of benzene rings is 3. The van der Waals surface area contributed by atoms with Crippen LogP contribution in [-0.2, 0) is 31.0 Å². The fourth-order valence-electron chi connectivity index (χ4n) is 3.46. The van der Waals surface area contributed by atoms with Crippen LogP contribution in [0, 0.1) is 6.92 Å². The van der Waals surface area contributed by atoms with Gasteiger partial charge in [0.25, 0.3) is 0 Å². The molecule has 0 N–H and O–H groups in total. The lowest BCUT2D eigenvalue weighted by Gasteiger charge is -2.23. The Labute approximate surface area is 214 Å². The summed E-state index contributed by atoms with van der Waals surface area (Å²) in [5.41, 5.74) is -5.01. The third-order valence-electron chi connectivity index (χ3n) is 5.14. The minimum absolute atomic E-state index is 0.0279. The Kier molecular flexibility index (Phi) is 8.52. The largest absolute Gasteiger partial charge is 0.534 e. The maximum Gasteiger partial charge on any atom is 0.534 e. The fourth-order valence-corrected chi connectivity index (χ4v) is 4.44. The molecule has 0 aromatic heterocycles. The standard InChI is InChI=1S/C24H22BrF3O7S/c1-4-33-23(29)22(34-13-15-8-10-16(32-3)11-9-15)20-14(2)12-18-17(6-5-7-19(18)25)21(20)35-36(30,31)24(26,27)28/h5-12,22H,4,13H2,1-3H3/t22-/m1/s1. The predicted molar refractivity (Wildman–Crippen MR) is 129 cm³/mol. The topological polar surface area (TPSA) is 88.1 Å². The molecule has 0 saturated heterocycles. The molecule has 0 aliphatic heterocycles. The summed E-state index contributed by atoms with van der Waals surface area (Å²) in [5.74, 6) is -1.00. The molecule has 0 spiro atoms. The highest BCUT2D eigenvalue weighted by atomic mass is 79.9. The molecule has 0 bridgehead atoms. The molecule has 3 aromatic carbocycles. The first-order valence-corrected chi connectivity index (χ1v) is 12.7. The van der Waals surface area contributed by atoms with Crippen molar-refractivity contribution in [2.75, 3.05) is 13.7 Å². The summed E-state index contributed by atoms with van der Waals surface area (Å²) in [4.78, 5) is 12.9. The van der Waals surface area contributed by atoms with Gasteiger partial charge in [-0.1, -0.05) is 40.2 Å². The Bertz CT molecular complexity index is 1360. The number of rotatable bonds is 9. The van der Waals surface area contributed by atoms with Crippen molar-refractivity contribution >= 4 is 42.8 Å². The molecule has 0 aliphatic carbocycles. The lowest BCUT2D eigenvalue weighted by Crippen LogP contribution is -2.29. The zero-order chi connectivity index (χ0) is 26.7. The number of fused-ring (bicyclic) bond motifs is 1. The maximum atomic E-state index is 13.3. The number of hydrogen-bond acceptors (Lipinski definition) is 7. The number of esters is 1. The Morgan fingerprint density at radius 3 is 2.33 bits per heavy atom. The van der Waals surface area contributed by atoms with Crippen LogP contribution in [0.25, 0.3) is 10.8 Å². The van der Waals surface area contributed by atoms with Gasteiger partial charge >= 0.3 is 21.6 Å². The van der Waals surface area contributed by atoms with Crippen LogP contribution < -0.4 is 8.92 Å². The molecule has 194 valence electrons. The zero-order valence-electron chi connectivity index (χ0n) is 19.4. The Hall–Kier alpha value is -2.83. The number of alkyl halides is 3. The van der Waals surface area contributed by atoms with Gasteiger partial charge in [-0.2, -0.15) is 21.6 Å². The third kappa shape index (κ3) is 5.93. The van der Waals surface area contributed by atoms with Crippen molar-refractivity contribution in [1.29, 1.82) is 0 Å². The Morgan fingerprint density at radius 2 is 1.75 bits per heavy atom. The van der Waals surface area contributed by atoms with Crippen molar-refractivity contribution < 1.29 is 44.8 Å². The molecule has 3 aromatic rings. The van der Waals surface area contributed by atoms with Crippen LogP contribution in [0.5, 0.6) is 11.5 Å². The lowest BCUT2D eigenvalue weighted by molar-refractivity contribution is -0.158.